The first-order valence-electron chi connectivity index (χ1n) is 13.0. The molecule has 1 aromatic carbocycles. The van der Waals surface area contributed by atoms with Crippen LogP contribution in [0.3, 0.4) is 0 Å². The van der Waals surface area contributed by atoms with Gasteiger partial charge in [-0.25, -0.2) is 0 Å². The molecule has 1 N–H and O–H groups in total. The largest absolute Gasteiger partial charge is 0.459 e. The van der Waals surface area contributed by atoms with E-state index in [0.29, 0.717) is 37.6 Å². The van der Waals surface area contributed by atoms with Gasteiger partial charge in [-0.3, -0.25) is 14.9 Å². The summed E-state index contributed by atoms with van der Waals surface area (Å²) in [6.07, 6.45) is 9.44. The molecule has 186 valence electrons. The Morgan fingerprint density at radius 2 is 1.74 bits per heavy atom. The number of hydrogen-bond acceptors (Lipinski definition) is 6. The predicted molar refractivity (Wildman–Crippen MR) is 134 cm³/mol. The van der Waals surface area contributed by atoms with Crippen molar-refractivity contribution in [2.45, 2.75) is 51.5 Å². The molecule has 8 nitrogen and oxygen atoms in total. The first-order valence-corrected chi connectivity index (χ1v) is 13.0. The van der Waals surface area contributed by atoms with Gasteiger partial charge in [0, 0.05) is 44.0 Å². The highest BCUT2D eigenvalue weighted by molar-refractivity contribution is 5.91. The predicted octanol–water partition coefficient (Wildman–Crippen LogP) is 5.17. The summed E-state index contributed by atoms with van der Waals surface area (Å²) in [6.45, 7) is 4.76. The van der Waals surface area contributed by atoms with E-state index >= 15 is 0 Å². The molecular weight excluding hydrogens is 444 g/mol. The van der Waals surface area contributed by atoms with Crippen LogP contribution in [-0.4, -0.2) is 48.0 Å². The van der Waals surface area contributed by atoms with Crippen LogP contribution in [0.15, 0.2) is 41.0 Å². The van der Waals surface area contributed by atoms with Gasteiger partial charge in [0.15, 0.2) is 5.76 Å². The molecule has 2 heterocycles. The lowest BCUT2D eigenvalue weighted by molar-refractivity contribution is -0.384. The average Bonchev–Trinajstić information content (AvgIpc) is 3.38. The number of nitrogens with one attached hydrogen (secondary N) is 1. The summed E-state index contributed by atoms with van der Waals surface area (Å²) in [5.41, 5.74) is 1.97. The molecule has 4 aliphatic carbocycles. The quantitative estimate of drug-likeness (QED) is 0.455. The van der Waals surface area contributed by atoms with Crippen molar-refractivity contribution in [3.8, 4) is 0 Å². The first-order chi connectivity index (χ1) is 16.9. The number of nitro benzene ring substituents is 1. The van der Waals surface area contributed by atoms with Crippen molar-refractivity contribution in [3.63, 3.8) is 0 Å². The molecule has 1 aromatic heterocycles. The molecule has 4 bridgehead atoms. The Kier molecular flexibility index (Phi) is 5.49. The standard InChI is InChI=1S/C27H34N4O4/c1-18(27-15-19-11-20(16-27)13-21(12-19)17-27)28-23-14-22(4-5-24(23)31(33)34)29-6-8-30(9-7-29)26(32)25-3-2-10-35-25/h2-5,10,14,18-21,28H,6-9,11-13,15-17H2,1H3/t18-,19?,20?,21?,27?/m0/s1. The SMILES string of the molecule is C[C@H](Nc1cc(N2CCN(C(=O)c3ccco3)CC2)ccc1[N+](=O)[O-])C12CC3CC(CC(C3)C1)C2. The van der Waals surface area contributed by atoms with Crippen molar-refractivity contribution in [2.75, 3.05) is 36.4 Å². The van der Waals surface area contributed by atoms with E-state index in [4.69, 9.17) is 4.42 Å². The van der Waals surface area contributed by atoms with Crippen LogP contribution in [0, 0.1) is 33.3 Å². The van der Waals surface area contributed by atoms with Gasteiger partial charge in [-0.1, -0.05) is 0 Å². The summed E-state index contributed by atoms with van der Waals surface area (Å²) in [4.78, 5) is 28.2. The van der Waals surface area contributed by atoms with Gasteiger partial charge in [0.2, 0.25) is 0 Å². The van der Waals surface area contributed by atoms with Crippen LogP contribution in [0.1, 0.15) is 56.0 Å². The van der Waals surface area contributed by atoms with Crippen LogP contribution in [0.25, 0.3) is 0 Å². The van der Waals surface area contributed by atoms with Crippen LogP contribution in [0.5, 0.6) is 0 Å². The fraction of sp³-hybridized carbons (Fsp3) is 0.593. The van der Waals surface area contributed by atoms with Gasteiger partial charge in [0.1, 0.15) is 5.69 Å². The van der Waals surface area contributed by atoms with Crippen molar-refractivity contribution in [1.29, 1.82) is 0 Å². The van der Waals surface area contributed by atoms with Gasteiger partial charge in [-0.15, -0.1) is 0 Å². The molecule has 8 heteroatoms. The summed E-state index contributed by atoms with van der Waals surface area (Å²) < 4.78 is 5.26. The number of carbonyl (C=O) groups is 1. The molecule has 0 spiro atoms. The Bertz CT molecular complexity index is 1070. The number of furan rings is 1. The number of benzene rings is 1. The van der Waals surface area contributed by atoms with E-state index < -0.39 is 0 Å². The van der Waals surface area contributed by atoms with E-state index in [-0.39, 0.29) is 28.0 Å². The lowest BCUT2D eigenvalue weighted by atomic mass is 9.48. The lowest BCUT2D eigenvalue weighted by Gasteiger charge is -2.59. The highest BCUT2D eigenvalue weighted by atomic mass is 16.6. The van der Waals surface area contributed by atoms with Crippen molar-refractivity contribution in [3.05, 3.63) is 52.5 Å². The smallest absolute Gasteiger partial charge is 0.292 e. The molecule has 35 heavy (non-hydrogen) atoms. The summed E-state index contributed by atoms with van der Waals surface area (Å²) in [7, 11) is 0. The second-order valence-electron chi connectivity index (χ2n) is 11.4. The molecule has 0 radical (unpaired) electrons. The average molecular weight is 479 g/mol. The van der Waals surface area contributed by atoms with Crippen LogP contribution in [0.4, 0.5) is 17.1 Å². The first kappa shape index (κ1) is 22.4. The monoisotopic (exact) mass is 478 g/mol. The van der Waals surface area contributed by atoms with Crippen LogP contribution in [-0.2, 0) is 0 Å². The third-order valence-corrected chi connectivity index (χ3v) is 9.22. The topological polar surface area (TPSA) is 91.9 Å². The normalized spacial score (nSPS) is 30.4. The molecule has 1 amide bonds. The fourth-order valence-electron chi connectivity index (χ4n) is 7.81. The van der Waals surface area contributed by atoms with E-state index in [0.717, 1.165) is 23.4 Å². The number of nitro groups is 1. The van der Waals surface area contributed by atoms with Gasteiger partial charge < -0.3 is 19.5 Å². The minimum atomic E-state index is -0.279. The van der Waals surface area contributed by atoms with Gasteiger partial charge in [0.05, 0.1) is 11.2 Å². The van der Waals surface area contributed by atoms with Crippen LogP contribution in [0.2, 0.25) is 0 Å². The number of amides is 1. The molecular formula is C27H34N4O4. The Morgan fingerprint density at radius 3 is 2.31 bits per heavy atom. The zero-order valence-corrected chi connectivity index (χ0v) is 20.3. The van der Waals surface area contributed by atoms with Gasteiger partial charge in [0.25, 0.3) is 11.6 Å². The molecule has 1 aliphatic heterocycles. The van der Waals surface area contributed by atoms with E-state index in [1.165, 1.54) is 44.8 Å². The van der Waals surface area contributed by atoms with Gasteiger partial charge in [-0.05, 0) is 92.9 Å². The third-order valence-electron chi connectivity index (χ3n) is 9.22. The van der Waals surface area contributed by atoms with Crippen molar-refractivity contribution in [2.24, 2.45) is 23.2 Å². The van der Waals surface area contributed by atoms with E-state index in [1.807, 2.05) is 12.1 Å². The third kappa shape index (κ3) is 4.06. The summed E-state index contributed by atoms with van der Waals surface area (Å²) in [5, 5.41) is 15.5. The molecule has 1 saturated heterocycles. The highest BCUT2D eigenvalue weighted by Gasteiger charge is 2.53. The van der Waals surface area contributed by atoms with Crippen molar-refractivity contribution >= 4 is 23.0 Å². The Labute approximate surface area is 205 Å². The zero-order chi connectivity index (χ0) is 24.2. The van der Waals surface area contributed by atoms with E-state index in [1.54, 1.807) is 23.1 Å². The molecule has 0 unspecified atom stereocenters. The maximum absolute atomic E-state index is 12.6. The molecule has 5 aliphatic rings. The van der Waals surface area contributed by atoms with E-state index in [9.17, 15) is 14.9 Å². The highest BCUT2D eigenvalue weighted by Crippen LogP contribution is 2.61. The maximum atomic E-state index is 12.6. The van der Waals surface area contributed by atoms with Crippen LogP contribution < -0.4 is 10.2 Å². The minimum absolute atomic E-state index is 0.0925. The molecule has 5 fully saturated rings. The van der Waals surface area contributed by atoms with Gasteiger partial charge >= 0.3 is 0 Å². The van der Waals surface area contributed by atoms with Crippen molar-refractivity contribution in [1.82, 2.24) is 4.90 Å². The Hall–Kier alpha value is -3.03. The second-order valence-corrected chi connectivity index (χ2v) is 11.4. The minimum Gasteiger partial charge on any atom is -0.459 e. The van der Waals surface area contributed by atoms with Crippen LogP contribution >= 0.6 is 0 Å². The number of nitrogens with zero attached hydrogens (tertiary/aromatic N) is 3. The summed E-state index contributed by atoms with van der Waals surface area (Å²) in [5.74, 6) is 2.79. The Morgan fingerprint density at radius 1 is 1.09 bits per heavy atom. The van der Waals surface area contributed by atoms with Crippen molar-refractivity contribution < 1.29 is 14.1 Å². The number of carbonyl (C=O) groups excluding carboxylic acids is 1. The second kappa shape index (κ2) is 8.57. The maximum Gasteiger partial charge on any atom is 0.292 e. The summed E-state index contributed by atoms with van der Waals surface area (Å²) in [6, 6.07) is 9.02. The zero-order valence-electron chi connectivity index (χ0n) is 20.3. The summed E-state index contributed by atoms with van der Waals surface area (Å²) >= 11 is 0. The lowest BCUT2D eigenvalue weighted by Crippen LogP contribution is -2.53. The number of piperazine rings is 1. The van der Waals surface area contributed by atoms with E-state index in [2.05, 4.69) is 17.1 Å². The molecule has 7 rings (SSSR count). The number of rotatable bonds is 6. The molecule has 2 aromatic rings. The molecule has 1 atom stereocenters. The van der Waals surface area contributed by atoms with Gasteiger partial charge in [-0.2, -0.15) is 0 Å². The molecule has 4 saturated carbocycles. The number of hydrogen-bond donors (Lipinski definition) is 1. The Balaban J connectivity index is 1.18. The fourth-order valence-corrected chi connectivity index (χ4v) is 7.81. The number of anilines is 2.